The molecule has 8 nitrogen and oxygen atoms in total. The predicted molar refractivity (Wildman–Crippen MR) is 108 cm³/mol. The first kappa shape index (κ1) is 21.9. The number of sulfonamides is 2. The first-order valence-corrected chi connectivity index (χ1v) is 11.8. The number of carbonyl (C=O) groups excluding carboxylic acids is 1. The number of rotatable bonds is 8. The summed E-state index contributed by atoms with van der Waals surface area (Å²) in [5, 5.41) is 2.61. The van der Waals surface area contributed by atoms with Crippen LogP contribution in [0, 0.1) is 13.8 Å². The largest absolute Gasteiger partial charge is 0.351 e. The number of hydrogen-bond acceptors (Lipinski definition) is 5. The van der Waals surface area contributed by atoms with Crippen LogP contribution < -0.4 is 14.8 Å². The molecule has 0 radical (unpaired) electrons. The van der Waals surface area contributed by atoms with Crippen molar-refractivity contribution in [1.29, 1.82) is 0 Å². The molecule has 0 unspecified atom stereocenters. The average molecular weight is 426 g/mol. The third-order valence-corrected chi connectivity index (χ3v) is 6.00. The van der Waals surface area contributed by atoms with Gasteiger partial charge in [-0.1, -0.05) is 17.7 Å². The number of carbonyl (C=O) groups is 1. The van der Waals surface area contributed by atoms with Gasteiger partial charge >= 0.3 is 0 Å². The smallest absolute Gasteiger partial charge is 0.251 e. The lowest BCUT2D eigenvalue weighted by atomic mass is 10.2. The van der Waals surface area contributed by atoms with Crippen LogP contribution in [0.1, 0.15) is 21.5 Å². The van der Waals surface area contributed by atoms with E-state index in [1.807, 2.05) is 6.92 Å². The highest BCUT2D eigenvalue weighted by atomic mass is 32.2. The molecule has 0 aliphatic rings. The van der Waals surface area contributed by atoms with Crippen LogP contribution in [-0.4, -0.2) is 42.1 Å². The second kappa shape index (κ2) is 8.72. The minimum atomic E-state index is -3.66. The lowest BCUT2D eigenvalue weighted by Crippen LogP contribution is -2.34. The van der Waals surface area contributed by atoms with Crippen LogP contribution in [0.5, 0.6) is 0 Å². The van der Waals surface area contributed by atoms with Crippen molar-refractivity contribution in [3.05, 3.63) is 59.2 Å². The molecule has 0 spiro atoms. The monoisotopic (exact) mass is 425 g/mol. The van der Waals surface area contributed by atoms with E-state index in [4.69, 9.17) is 0 Å². The molecule has 10 heteroatoms. The van der Waals surface area contributed by atoms with Crippen molar-refractivity contribution >= 4 is 31.6 Å². The third-order valence-electron chi connectivity index (χ3n) is 3.77. The topological polar surface area (TPSA) is 121 Å². The first-order chi connectivity index (χ1) is 13.0. The minimum absolute atomic E-state index is 0.0368. The van der Waals surface area contributed by atoms with E-state index < -0.39 is 26.0 Å². The van der Waals surface area contributed by atoms with Crippen LogP contribution in [0.2, 0.25) is 0 Å². The molecule has 28 heavy (non-hydrogen) atoms. The summed E-state index contributed by atoms with van der Waals surface area (Å²) in [6, 6.07) is 11.0. The maximum Gasteiger partial charge on any atom is 0.251 e. The summed E-state index contributed by atoms with van der Waals surface area (Å²) in [5.74, 6) is -0.392. The summed E-state index contributed by atoms with van der Waals surface area (Å²) in [7, 11) is -7.05. The van der Waals surface area contributed by atoms with Gasteiger partial charge in [0.25, 0.3) is 5.91 Å². The first-order valence-electron chi connectivity index (χ1n) is 8.41. The Bertz CT molecular complexity index is 1060. The zero-order valence-electron chi connectivity index (χ0n) is 15.8. The van der Waals surface area contributed by atoms with Gasteiger partial charge in [-0.25, -0.2) is 21.6 Å². The van der Waals surface area contributed by atoms with Crippen LogP contribution in [0.3, 0.4) is 0 Å². The molecule has 0 atom stereocenters. The molecule has 152 valence electrons. The highest BCUT2D eigenvalue weighted by Crippen LogP contribution is 2.16. The molecule has 0 saturated heterocycles. The molecule has 0 aromatic heterocycles. The molecular weight excluding hydrogens is 402 g/mol. The van der Waals surface area contributed by atoms with Crippen molar-refractivity contribution in [2.45, 2.75) is 18.7 Å². The van der Waals surface area contributed by atoms with Gasteiger partial charge in [0.1, 0.15) is 0 Å². The number of anilines is 1. The van der Waals surface area contributed by atoms with Gasteiger partial charge in [-0.2, -0.15) is 0 Å². The SMILES string of the molecule is Cc1ccc(S(=O)(=O)NCCNC(=O)c2ccc(NS(C)(=O)=O)cc2)c(C)c1. The van der Waals surface area contributed by atoms with Crippen molar-refractivity contribution in [2.24, 2.45) is 0 Å². The lowest BCUT2D eigenvalue weighted by Gasteiger charge is -2.11. The molecule has 0 bridgehead atoms. The summed E-state index contributed by atoms with van der Waals surface area (Å²) in [5.41, 5.74) is 2.30. The van der Waals surface area contributed by atoms with Crippen molar-refractivity contribution < 1.29 is 21.6 Å². The molecule has 2 rings (SSSR count). The molecule has 0 saturated carbocycles. The molecule has 2 aromatic rings. The standard InChI is InChI=1S/C18H23N3O5S2/c1-13-4-9-17(14(2)12-13)28(25,26)20-11-10-19-18(22)15-5-7-16(8-6-15)21-27(3,23)24/h4-9,12,20-21H,10-11H2,1-3H3,(H,19,22). The fourth-order valence-corrected chi connectivity index (χ4v) is 4.37. The number of hydrogen-bond donors (Lipinski definition) is 3. The van der Waals surface area contributed by atoms with Gasteiger partial charge in [0.05, 0.1) is 11.2 Å². The zero-order chi connectivity index (χ0) is 20.9. The Labute approximate surface area is 165 Å². The summed E-state index contributed by atoms with van der Waals surface area (Å²) >= 11 is 0. The fraction of sp³-hybridized carbons (Fsp3) is 0.278. The van der Waals surface area contributed by atoms with Crippen molar-refractivity contribution in [3.63, 3.8) is 0 Å². The second-order valence-corrected chi connectivity index (χ2v) is 9.86. The second-order valence-electron chi connectivity index (χ2n) is 6.37. The Hall–Kier alpha value is -2.43. The van der Waals surface area contributed by atoms with Crippen molar-refractivity contribution in [3.8, 4) is 0 Å². The van der Waals surface area contributed by atoms with Gasteiger partial charge in [-0.3, -0.25) is 9.52 Å². The number of nitrogens with one attached hydrogen (secondary N) is 3. The Kier molecular flexibility index (Phi) is 6.81. The third kappa shape index (κ3) is 6.32. The maximum atomic E-state index is 12.4. The number of benzene rings is 2. The number of amides is 1. The Morgan fingerprint density at radius 1 is 0.929 bits per heavy atom. The van der Waals surface area contributed by atoms with E-state index in [0.717, 1.165) is 11.8 Å². The van der Waals surface area contributed by atoms with E-state index in [1.165, 1.54) is 24.3 Å². The summed E-state index contributed by atoms with van der Waals surface area (Å²) in [6.07, 6.45) is 1.03. The van der Waals surface area contributed by atoms with E-state index in [1.54, 1.807) is 25.1 Å². The summed E-state index contributed by atoms with van der Waals surface area (Å²) in [6.45, 7) is 3.75. The average Bonchev–Trinajstić information content (AvgIpc) is 2.57. The lowest BCUT2D eigenvalue weighted by molar-refractivity contribution is 0.0954. The van der Waals surface area contributed by atoms with E-state index in [-0.39, 0.29) is 18.0 Å². The van der Waals surface area contributed by atoms with Gasteiger partial charge < -0.3 is 5.32 Å². The molecular formula is C18H23N3O5S2. The van der Waals surface area contributed by atoms with Crippen LogP contribution in [0.15, 0.2) is 47.4 Å². The van der Waals surface area contributed by atoms with E-state index in [2.05, 4.69) is 14.8 Å². The normalized spacial score (nSPS) is 11.8. The zero-order valence-corrected chi connectivity index (χ0v) is 17.4. The van der Waals surface area contributed by atoms with Gasteiger partial charge in [0.2, 0.25) is 20.0 Å². The van der Waals surface area contributed by atoms with E-state index in [9.17, 15) is 21.6 Å². The molecule has 0 aliphatic carbocycles. The summed E-state index contributed by atoms with van der Waals surface area (Å²) < 4.78 is 51.8. The van der Waals surface area contributed by atoms with Crippen molar-refractivity contribution in [2.75, 3.05) is 24.1 Å². The highest BCUT2D eigenvalue weighted by Gasteiger charge is 2.16. The van der Waals surface area contributed by atoms with E-state index in [0.29, 0.717) is 16.8 Å². The molecule has 0 heterocycles. The molecule has 2 aromatic carbocycles. The van der Waals surface area contributed by atoms with Crippen LogP contribution in [0.25, 0.3) is 0 Å². The molecule has 1 amide bonds. The highest BCUT2D eigenvalue weighted by molar-refractivity contribution is 7.92. The van der Waals surface area contributed by atoms with E-state index >= 15 is 0 Å². The van der Waals surface area contributed by atoms with Gasteiger partial charge in [0.15, 0.2) is 0 Å². The maximum absolute atomic E-state index is 12.4. The Morgan fingerprint density at radius 2 is 1.57 bits per heavy atom. The molecule has 0 aliphatic heterocycles. The van der Waals surface area contributed by atoms with Gasteiger partial charge in [-0.05, 0) is 49.7 Å². The van der Waals surface area contributed by atoms with Crippen LogP contribution in [0.4, 0.5) is 5.69 Å². The Morgan fingerprint density at radius 3 is 2.14 bits per heavy atom. The van der Waals surface area contributed by atoms with Crippen molar-refractivity contribution in [1.82, 2.24) is 10.0 Å². The summed E-state index contributed by atoms with van der Waals surface area (Å²) in [4.78, 5) is 12.3. The predicted octanol–water partition coefficient (Wildman–Crippen LogP) is 1.38. The quantitative estimate of drug-likeness (QED) is 0.552. The fourth-order valence-electron chi connectivity index (χ4n) is 2.55. The number of aryl methyl sites for hydroxylation is 2. The molecule has 3 N–H and O–H groups in total. The Balaban J connectivity index is 1.88. The van der Waals surface area contributed by atoms with Gasteiger partial charge in [0, 0.05) is 24.3 Å². The molecule has 0 fully saturated rings. The minimum Gasteiger partial charge on any atom is -0.351 e. The van der Waals surface area contributed by atoms with Crippen LogP contribution in [-0.2, 0) is 20.0 Å². The van der Waals surface area contributed by atoms with Crippen LogP contribution >= 0.6 is 0 Å². The van der Waals surface area contributed by atoms with Gasteiger partial charge in [-0.15, -0.1) is 0 Å².